The van der Waals surface area contributed by atoms with Crippen LogP contribution in [0, 0.1) is 11.5 Å². The van der Waals surface area contributed by atoms with Crippen molar-refractivity contribution in [1.29, 1.82) is 5.26 Å². The highest BCUT2D eigenvalue weighted by Crippen LogP contribution is 2.44. The molecule has 0 unspecified atom stereocenters. The summed E-state index contributed by atoms with van der Waals surface area (Å²) in [6, 6.07) is 7.26. The number of hydrazine groups is 1. The minimum atomic E-state index is -4.74. The summed E-state index contributed by atoms with van der Waals surface area (Å²) < 4.78 is 70.2. The number of hydrogen-bond acceptors (Lipinski definition) is 6. The Morgan fingerprint density at radius 3 is 2.32 bits per heavy atom. The van der Waals surface area contributed by atoms with Crippen LogP contribution in [0.1, 0.15) is 25.3 Å². The second-order valence-electron chi connectivity index (χ2n) is 7.24. The van der Waals surface area contributed by atoms with Crippen molar-refractivity contribution in [3.63, 3.8) is 0 Å². The zero-order valence-corrected chi connectivity index (χ0v) is 18.8. The van der Waals surface area contributed by atoms with Crippen molar-refractivity contribution < 1.29 is 21.6 Å². The van der Waals surface area contributed by atoms with Gasteiger partial charge in [-0.15, -0.1) is 0 Å². The standard InChI is InChI=1S/C19H18ClF3N4O2S2/c1-18(7-8-18)26-31(28,29)14-5-3-12(4-6-14)17-15(19(21,22)23)9-13(10-16(17)20)27(30-2)25-11-24/h3-6,9-10,25-26H,7-8H2,1-2H3. The Hall–Kier alpha value is -2.13. The summed E-state index contributed by atoms with van der Waals surface area (Å²) in [6.07, 6.45) is -0.0474. The van der Waals surface area contributed by atoms with Crippen LogP contribution in [0.5, 0.6) is 0 Å². The van der Waals surface area contributed by atoms with E-state index in [1.54, 1.807) is 19.4 Å². The van der Waals surface area contributed by atoms with Gasteiger partial charge in [-0.2, -0.15) is 18.4 Å². The first-order valence-electron chi connectivity index (χ1n) is 8.94. The maximum absolute atomic E-state index is 13.8. The van der Waals surface area contributed by atoms with E-state index in [1.165, 1.54) is 30.3 Å². The Morgan fingerprint density at radius 2 is 1.84 bits per heavy atom. The molecule has 0 atom stereocenters. The average molecular weight is 491 g/mol. The Labute approximate surface area is 187 Å². The van der Waals surface area contributed by atoms with Crippen molar-refractivity contribution in [2.75, 3.05) is 10.7 Å². The van der Waals surface area contributed by atoms with Gasteiger partial charge in [-0.3, -0.25) is 0 Å². The van der Waals surface area contributed by atoms with Gasteiger partial charge < -0.3 is 0 Å². The summed E-state index contributed by atoms with van der Waals surface area (Å²) in [4.78, 5) is -0.0440. The first-order valence-corrected chi connectivity index (χ1v) is 12.0. The predicted molar refractivity (Wildman–Crippen MR) is 115 cm³/mol. The number of halogens is 4. The number of rotatable bonds is 7. The molecule has 1 aliphatic carbocycles. The van der Waals surface area contributed by atoms with Crippen LogP contribution < -0.4 is 14.6 Å². The summed E-state index contributed by atoms with van der Waals surface area (Å²) in [5.74, 6) is 0. The molecule has 1 saturated carbocycles. The SMILES string of the molecule is CSN(NC#N)c1cc(Cl)c(-c2ccc(S(=O)(=O)NC3(C)CC3)cc2)c(C(F)(F)F)c1. The normalized spacial score (nSPS) is 15.3. The van der Waals surface area contributed by atoms with Crippen molar-refractivity contribution >= 4 is 39.3 Å². The summed E-state index contributed by atoms with van der Waals surface area (Å²) in [7, 11) is -3.78. The molecule has 0 spiro atoms. The van der Waals surface area contributed by atoms with Gasteiger partial charge >= 0.3 is 6.18 Å². The van der Waals surface area contributed by atoms with Gasteiger partial charge in [-0.25, -0.2) is 23.0 Å². The van der Waals surface area contributed by atoms with E-state index < -0.39 is 27.3 Å². The molecule has 0 aliphatic heterocycles. The molecule has 2 N–H and O–H groups in total. The lowest BCUT2D eigenvalue weighted by Crippen LogP contribution is -2.34. The maximum atomic E-state index is 13.8. The molecule has 2 aromatic carbocycles. The van der Waals surface area contributed by atoms with Gasteiger partial charge in [0.2, 0.25) is 10.0 Å². The molecular formula is C19H18ClF3N4O2S2. The van der Waals surface area contributed by atoms with E-state index in [1.807, 2.05) is 0 Å². The molecule has 0 saturated heterocycles. The first-order chi connectivity index (χ1) is 14.4. The summed E-state index contributed by atoms with van der Waals surface area (Å²) in [5.41, 5.74) is 0.663. The third-order valence-electron chi connectivity index (χ3n) is 4.78. The minimum absolute atomic E-state index is 0.0381. The van der Waals surface area contributed by atoms with Gasteiger partial charge in [0.1, 0.15) is 0 Å². The highest BCUT2D eigenvalue weighted by atomic mass is 35.5. The van der Waals surface area contributed by atoms with Gasteiger partial charge in [-0.1, -0.05) is 23.7 Å². The smallest absolute Gasteiger partial charge is 0.223 e. The molecule has 0 radical (unpaired) electrons. The number of sulfonamides is 1. The number of hydrogen-bond donors (Lipinski definition) is 2. The van der Waals surface area contributed by atoms with Crippen LogP contribution in [0.15, 0.2) is 41.3 Å². The molecular weight excluding hydrogens is 473 g/mol. The van der Waals surface area contributed by atoms with Crippen LogP contribution in [0.4, 0.5) is 18.9 Å². The second kappa shape index (κ2) is 8.43. The Balaban J connectivity index is 2.04. The number of anilines is 1. The fourth-order valence-corrected chi connectivity index (χ4v) is 5.20. The van der Waals surface area contributed by atoms with E-state index in [2.05, 4.69) is 10.1 Å². The van der Waals surface area contributed by atoms with Crippen LogP contribution in [0.25, 0.3) is 11.1 Å². The topological polar surface area (TPSA) is 85.2 Å². The van der Waals surface area contributed by atoms with Crippen molar-refractivity contribution in [1.82, 2.24) is 10.1 Å². The number of nitrogens with zero attached hydrogens (tertiary/aromatic N) is 2. The highest BCUT2D eigenvalue weighted by Gasteiger charge is 2.41. The zero-order chi connectivity index (χ0) is 23.0. The Bertz CT molecular complexity index is 1130. The predicted octanol–water partition coefficient (Wildman–Crippen LogP) is 4.93. The molecule has 1 fully saturated rings. The molecule has 0 aromatic heterocycles. The maximum Gasteiger partial charge on any atom is 0.417 e. The molecule has 31 heavy (non-hydrogen) atoms. The molecule has 3 rings (SSSR count). The van der Waals surface area contributed by atoms with E-state index in [0.29, 0.717) is 0 Å². The van der Waals surface area contributed by atoms with E-state index in [0.717, 1.165) is 35.3 Å². The third kappa shape index (κ3) is 5.20. The number of nitrogens with one attached hydrogen (secondary N) is 2. The van der Waals surface area contributed by atoms with Gasteiger partial charge in [-0.05, 0) is 61.5 Å². The third-order valence-corrected chi connectivity index (χ3v) is 7.40. The lowest BCUT2D eigenvalue weighted by atomic mass is 9.98. The highest BCUT2D eigenvalue weighted by molar-refractivity contribution is 7.99. The molecule has 2 aromatic rings. The number of benzene rings is 2. The Morgan fingerprint density at radius 1 is 1.23 bits per heavy atom. The van der Waals surface area contributed by atoms with Crippen LogP contribution in [-0.4, -0.2) is 20.2 Å². The van der Waals surface area contributed by atoms with Crippen LogP contribution >= 0.6 is 23.5 Å². The molecule has 12 heteroatoms. The summed E-state index contributed by atoms with van der Waals surface area (Å²) in [5, 5.41) is 8.61. The van der Waals surface area contributed by atoms with Gasteiger partial charge in [0.05, 0.1) is 21.2 Å². The van der Waals surface area contributed by atoms with Crippen LogP contribution in [-0.2, 0) is 16.2 Å². The van der Waals surface area contributed by atoms with E-state index in [4.69, 9.17) is 16.9 Å². The molecule has 1 aliphatic rings. The molecule has 6 nitrogen and oxygen atoms in total. The van der Waals surface area contributed by atoms with Crippen molar-refractivity contribution in [3.05, 3.63) is 47.0 Å². The van der Waals surface area contributed by atoms with Gasteiger partial charge in [0.25, 0.3) is 0 Å². The molecule has 0 amide bonds. The van der Waals surface area contributed by atoms with Crippen LogP contribution in [0.3, 0.4) is 0 Å². The quantitative estimate of drug-likeness (QED) is 0.248. The van der Waals surface area contributed by atoms with E-state index in [9.17, 15) is 21.6 Å². The number of nitriles is 1. The largest absolute Gasteiger partial charge is 0.417 e. The molecule has 0 heterocycles. The lowest BCUT2D eigenvalue weighted by molar-refractivity contribution is -0.137. The number of alkyl halides is 3. The van der Waals surface area contributed by atoms with E-state index >= 15 is 0 Å². The van der Waals surface area contributed by atoms with Gasteiger partial charge in [0.15, 0.2) is 6.19 Å². The molecule has 0 bridgehead atoms. The van der Waals surface area contributed by atoms with Crippen molar-refractivity contribution in [3.8, 4) is 17.3 Å². The Kier molecular flexibility index (Phi) is 6.40. The van der Waals surface area contributed by atoms with Crippen molar-refractivity contribution in [2.45, 2.75) is 36.4 Å². The minimum Gasteiger partial charge on any atom is -0.223 e. The fraction of sp³-hybridized carbons (Fsp3) is 0.316. The average Bonchev–Trinajstić information content (AvgIpc) is 3.40. The second-order valence-corrected chi connectivity index (χ2v) is 10.1. The summed E-state index contributed by atoms with van der Waals surface area (Å²) >= 11 is 7.22. The monoisotopic (exact) mass is 490 g/mol. The fourth-order valence-electron chi connectivity index (χ4n) is 2.96. The first kappa shape index (κ1) is 23.5. The van der Waals surface area contributed by atoms with Gasteiger partial charge in [0, 0.05) is 17.4 Å². The lowest BCUT2D eigenvalue weighted by Gasteiger charge is -2.22. The molecule has 166 valence electrons. The van der Waals surface area contributed by atoms with E-state index in [-0.39, 0.29) is 26.7 Å². The van der Waals surface area contributed by atoms with Crippen LogP contribution in [0.2, 0.25) is 5.02 Å². The van der Waals surface area contributed by atoms with Crippen molar-refractivity contribution in [2.24, 2.45) is 0 Å². The zero-order valence-electron chi connectivity index (χ0n) is 16.4. The summed E-state index contributed by atoms with van der Waals surface area (Å²) in [6.45, 7) is 1.79.